The molecule has 0 heterocycles. The summed E-state index contributed by atoms with van der Waals surface area (Å²) in [5.41, 5.74) is 6.02. The van der Waals surface area contributed by atoms with Crippen molar-refractivity contribution in [1.82, 2.24) is 5.32 Å². The number of hydrogen-bond donors (Lipinski definition) is 2. The summed E-state index contributed by atoms with van der Waals surface area (Å²) in [5, 5.41) is 2.16. The summed E-state index contributed by atoms with van der Waals surface area (Å²) in [6, 6.07) is 4.26. The lowest BCUT2D eigenvalue weighted by atomic mass is 10.1. The number of carbonyl (C=O) groups is 1. The van der Waals surface area contributed by atoms with Crippen LogP contribution in [0, 0.1) is 0 Å². The summed E-state index contributed by atoms with van der Waals surface area (Å²) < 4.78 is 40.6. The van der Waals surface area contributed by atoms with Crippen LogP contribution in [0.2, 0.25) is 0 Å². The van der Waals surface area contributed by atoms with Crippen molar-refractivity contribution in [1.29, 1.82) is 0 Å². The number of alkyl halides is 3. The zero-order valence-corrected chi connectivity index (χ0v) is 9.67. The van der Waals surface area contributed by atoms with Gasteiger partial charge >= 0.3 is 6.18 Å². The second-order valence-corrected chi connectivity index (χ2v) is 3.58. The molecule has 0 fully saturated rings. The number of nitrogens with one attached hydrogen (secondary N) is 1. The Labute approximate surface area is 102 Å². The number of rotatable bonds is 4. The summed E-state index contributed by atoms with van der Waals surface area (Å²) in [6.45, 7) is -0.464. The maximum atomic E-state index is 11.9. The van der Waals surface area contributed by atoms with Crippen molar-refractivity contribution in [2.45, 2.75) is 12.6 Å². The third-order valence-electron chi connectivity index (χ3n) is 2.19. The minimum Gasteiger partial charge on any atom is -0.495 e. The van der Waals surface area contributed by atoms with Crippen molar-refractivity contribution in [3.05, 3.63) is 23.8 Å². The van der Waals surface area contributed by atoms with Crippen molar-refractivity contribution in [3.8, 4) is 5.75 Å². The van der Waals surface area contributed by atoms with E-state index in [9.17, 15) is 18.0 Å². The number of amides is 1. The Morgan fingerprint density at radius 1 is 1.44 bits per heavy atom. The molecule has 3 N–H and O–H groups in total. The normalized spacial score (nSPS) is 11.1. The minimum absolute atomic E-state index is 0.190. The summed E-state index contributed by atoms with van der Waals surface area (Å²) in [5.74, 6) is -0.199. The number of nitrogen functional groups attached to an aromatic ring is 1. The first kappa shape index (κ1) is 14.1. The van der Waals surface area contributed by atoms with E-state index >= 15 is 0 Å². The fraction of sp³-hybridized carbons (Fsp3) is 0.364. The van der Waals surface area contributed by atoms with Gasteiger partial charge in [0, 0.05) is 12.1 Å². The lowest BCUT2D eigenvalue weighted by Gasteiger charge is -2.09. The Balaban J connectivity index is 2.59. The highest BCUT2D eigenvalue weighted by molar-refractivity contribution is 5.95. The summed E-state index contributed by atoms with van der Waals surface area (Å²) >= 11 is 0. The third-order valence-corrected chi connectivity index (χ3v) is 2.19. The molecular formula is C11H13F3N2O2. The van der Waals surface area contributed by atoms with Gasteiger partial charge in [0.05, 0.1) is 19.2 Å². The molecule has 1 rings (SSSR count). The Morgan fingerprint density at radius 2 is 2.11 bits per heavy atom. The smallest absolute Gasteiger partial charge is 0.390 e. The fourth-order valence-electron chi connectivity index (χ4n) is 1.30. The molecule has 4 nitrogen and oxygen atoms in total. The van der Waals surface area contributed by atoms with Crippen LogP contribution < -0.4 is 15.8 Å². The predicted molar refractivity (Wildman–Crippen MR) is 60.4 cm³/mol. The van der Waals surface area contributed by atoms with Gasteiger partial charge in [-0.15, -0.1) is 0 Å². The van der Waals surface area contributed by atoms with Crippen LogP contribution in [-0.2, 0) is 0 Å². The molecule has 7 heteroatoms. The van der Waals surface area contributed by atoms with Crippen LogP contribution >= 0.6 is 0 Å². The molecule has 1 amide bonds. The third kappa shape index (κ3) is 4.15. The van der Waals surface area contributed by atoms with Crippen molar-refractivity contribution in [2.75, 3.05) is 19.4 Å². The zero-order valence-electron chi connectivity index (χ0n) is 9.67. The van der Waals surface area contributed by atoms with Crippen LogP contribution in [-0.4, -0.2) is 25.7 Å². The van der Waals surface area contributed by atoms with E-state index in [2.05, 4.69) is 5.32 Å². The van der Waals surface area contributed by atoms with E-state index in [-0.39, 0.29) is 11.3 Å². The molecule has 0 aromatic heterocycles. The van der Waals surface area contributed by atoms with Gasteiger partial charge in [0.15, 0.2) is 0 Å². The van der Waals surface area contributed by atoms with Gasteiger partial charge in [-0.25, -0.2) is 0 Å². The summed E-state index contributed by atoms with van der Waals surface area (Å²) in [7, 11) is 1.43. The number of carbonyl (C=O) groups excluding carboxylic acids is 1. The van der Waals surface area contributed by atoms with Crippen LogP contribution in [0.25, 0.3) is 0 Å². The van der Waals surface area contributed by atoms with E-state index in [0.717, 1.165) is 0 Å². The first-order valence-electron chi connectivity index (χ1n) is 5.12. The average molecular weight is 262 g/mol. The first-order chi connectivity index (χ1) is 8.33. The maximum absolute atomic E-state index is 11.9. The van der Waals surface area contributed by atoms with Gasteiger partial charge in [0.2, 0.25) is 0 Å². The van der Waals surface area contributed by atoms with E-state index < -0.39 is 25.0 Å². The molecule has 1 aromatic rings. The molecule has 0 atom stereocenters. The Kier molecular flexibility index (Phi) is 4.41. The maximum Gasteiger partial charge on any atom is 0.390 e. The van der Waals surface area contributed by atoms with Gasteiger partial charge in [-0.3, -0.25) is 4.79 Å². The highest BCUT2D eigenvalue weighted by Gasteiger charge is 2.26. The van der Waals surface area contributed by atoms with Crippen LogP contribution in [0.1, 0.15) is 16.8 Å². The summed E-state index contributed by atoms with van der Waals surface area (Å²) in [4.78, 5) is 11.5. The fourth-order valence-corrected chi connectivity index (χ4v) is 1.30. The van der Waals surface area contributed by atoms with E-state index in [1.807, 2.05) is 0 Å². The SMILES string of the molecule is COc1ccc(C(=O)NCCC(F)(F)F)cc1N. The number of methoxy groups -OCH3 is 1. The second kappa shape index (κ2) is 5.61. The minimum atomic E-state index is -4.29. The zero-order chi connectivity index (χ0) is 13.8. The Bertz CT molecular complexity index is 433. The number of nitrogens with two attached hydrogens (primary N) is 1. The molecule has 0 bridgehead atoms. The number of halogens is 3. The van der Waals surface area contributed by atoms with Crippen LogP contribution in [0.5, 0.6) is 5.75 Å². The van der Waals surface area contributed by atoms with Gasteiger partial charge in [-0.05, 0) is 18.2 Å². The molecule has 18 heavy (non-hydrogen) atoms. The van der Waals surface area contributed by atoms with E-state index in [4.69, 9.17) is 10.5 Å². The van der Waals surface area contributed by atoms with Gasteiger partial charge in [0.1, 0.15) is 5.75 Å². The largest absolute Gasteiger partial charge is 0.495 e. The Hall–Kier alpha value is -1.92. The monoisotopic (exact) mass is 262 g/mol. The van der Waals surface area contributed by atoms with E-state index in [1.165, 1.54) is 25.3 Å². The molecule has 0 aliphatic carbocycles. The van der Waals surface area contributed by atoms with Crippen LogP contribution in [0.4, 0.5) is 18.9 Å². The second-order valence-electron chi connectivity index (χ2n) is 3.58. The highest BCUT2D eigenvalue weighted by Crippen LogP contribution is 2.22. The van der Waals surface area contributed by atoms with Gasteiger partial charge in [-0.1, -0.05) is 0 Å². The number of anilines is 1. The lowest BCUT2D eigenvalue weighted by molar-refractivity contribution is -0.132. The topological polar surface area (TPSA) is 64.3 Å². The molecule has 0 aliphatic heterocycles. The van der Waals surface area contributed by atoms with Crippen molar-refractivity contribution < 1.29 is 22.7 Å². The molecule has 0 spiro atoms. The van der Waals surface area contributed by atoms with Gasteiger partial charge in [-0.2, -0.15) is 13.2 Å². The molecule has 1 aromatic carbocycles. The van der Waals surface area contributed by atoms with Crippen molar-refractivity contribution >= 4 is 11.6 Å². The molecule has 0 unspecified atom stereocenters. The number of benzene rings is 1. The summed E-state index contributed by atoms with van der Waals surface area (Å²) in [6.07, 6.45) is -5.35. The standard InChI is InChI=1S/C11H13F3N2O2/c1-18-9-3-2-7(6-8(9)15)10(17)16-5-4-11(12,13)14/h2-3,6H,4-5,15H2,1H3,(H,16,17). The molecule has 0 aliphatic rings. The highest BCUT2D eigenvalue weighted by atomic mass is 19.4. The van der Waals surface area contributed by atoms with Gasteiger partial charge in [0.25, 0.3) is 5.91 Å². The molecular weight excluding hydrogens is 249 g/mol. The van der Waals surface area contributed by atoms with Crippen molar-refractivity contribution in [2.24, 2.45) is 0 Å². The Morgan fingerprint density at radius 3 is 2.61 bits per heavy atom. The molecule has 0 radical (unpaired) electrons. The van der Waals surface area contributed by atoms with Gasteiger partial charge < -0.3 is 15.8 Å². The number of ether oxygens (including phenoxy) is 1. The van der Waals surface area contributed by atoms with Crippen LogP contribution in [0.15, 0.2) is 18.2 Å². The molecule has 100 valence electrons. The van der Waals surface area contributed by atoms with E-state index in [1.54, 1.807) is 0 Å². The number of hydrogen-bond acceptors (Lipinski definition) is 3. The predicted octanol–water partition coefficient (Wildman–Crippen LogP) is 1.96. The molecule has 0 saturated heterocycles. The van der Waals surface area contributed by atoms with E-state index in [0.29, 0.717) is 5.75 Å². The first-order valence-corrected chi connectivity index (χ1v) is 5.12. The lowest BCUT2D eigenvalue weighted by Crippen LogP contribution is -2.27. The van der Waals surface area contributed by atoms with Crippen LogP contribution in [0.3, 0.4) is 0 Å². The van der Waals surface area contributed by atoms with Crippen molar-refractivity contribution in [3.63, 3.8) is 0 Å². The quantitative estimate of drug-likeness (QED) is 0.815. The average Bonchev–Trinajstić information content (AvgIpc) is 2.27. The molecule has 0 saturated carbocycles.